The molecular weight excluding hydrogens is 142 g/mol. The zero-order valence-electron chi connectivity index (χ0n) is 7.09. The lowest BCUT2D eigenvalue weighted by Crippen LogP contribution is -2.35. The van der Waals surface area contributed by atoms with Crippen molar-refractivity contribution in [2.24, 2.45) is 0 Å². The summed E-state index contributed by atoms with van der Waals surface area (Å²) in [5.74, 6) is -0.124. The van der Waals surface area contributed by atoms with Crippen LogP contribution in [0.25, 0.3) is 0 Å². The minimum Gasteiger partial charge on any atom is -0.468 e. The van der Waals surface area contributed by atoms with Crippen LogP contribution in [-0.4, -0.2) is 25.2 Å². The third-order valence-electron chi connectivity index (χ3n) is 2.22. The van der Waals surface area contributed by atoms with Crippen LogP contribution < -0.4 is 5.32 Å². The third-order valence-corrected chi connectivity index (χ3v) is 2.22. The minimum atomic E-state index is -0.124. The Bertz CT molecular complexity index is 147. The second-order valence-electron chi connectivity index (χ2n) is 2.92. The van der Waals surface area contributed by atoms with Crippen molar-refractivity contribution < 1.29 is 9.53 Å². The van der Waals surface area contributed by atoms with E-state index in [-0.39, 0.29) is 12.0 Å². The Morgan fingerprint density at radius 2 is 2.36 bits per heavy atom. The molecule has 3 heteroatoms. The number of hydrogen-bond donors (Lipinski definition) is 1. The lowest BCUT2D eigenvalue weighted by molar-refractivity contribution is -0.142. The van der Waals surface area contributed by atoms with Crippen molar-refractivity contribution in [2.45, 2.75) is 38.3 Å². The molecule has 0 aromatic carbocycles. The van der Waals surface area contributed by atoms with Gasteiger partial charge in [-0.05, 0) is 19.3 Å². The first-order chi connectivity index (χ1) is 5.27. The molecule has 0 amide bonds. The van der Waals surface area contributed by atoms with E-state index in [0.29, 0.717) is 6.04 Å². The van der Waals surface area contributed by atoms with Gasteiger partial charge in [0.15, 0.2) is 0 Å². The maximum Gasteiger partial charge on any atom is 0.322 e. The normalized spacial score (nSPS) is 30.4. The zero-order chi connectivity index (χ0) is 8.27. The summed E-state index contributed by atoms with van der Waals surface area (Å²) in [7, 11) is 1.43. The summed E-state index contributed by atoms with van der Waals surface area (Å²) < 4.78 is 4.63. The van der Waals surface area contributed by atoms with E-state index in [0.717, 1.165) is 19.3 Å². The fourth-order valence-electron chi connectivity index (χ4n) is 1.47. The highest BCUT2D eigenvalue weighted by atomic mass is 16.5. The van der Waals surface area contributed by atoms with Crippen molar-refractivity contribution in [1.82, 2.24) is 5.32 Å². The van der Waals surface area contributed by atoms with Crippen LogP contribution in [0.15, 0.2) is 0 Å². The maximum atomic E-state index is 11.0. The van der Waals surface area contributed by atoms with Crippen molar-refractivity contribution in [3.05, 3.63) is 0 Å². The average molecular weight is 157 g/mol. The molecule has 0 saturated carbocycles. The lowest BCUT2D eigenvalue weighted by atomic mass is 10.1. The molecule has 3 nitrogen and oxygen atoms in total. The van der Waals surface area contributed by atoms with Crippen LogP contribution >= 0.6 is 0 Å². The second-order valence-corrected chi connectivity index (χ2v) is 2.92. The number of carbonyl (C=O) groups is 1. The molecular formula is C8H15NO2. The highest BCUT2D eigenvalue weighted by Gasteiger charge is 2.28. The Kier molecular flexibility index (Phi) is 2.88. The van der Waals surface area contributed by atoms with E-state index in [9.17, 15) is 4.79 Å². The summed E-state index contributed by atoms with van der Waals surface area (Å²) in [5.41, 5.74) is 0. The topological polar surface area (TPSA) is 38.3 Å². The zero-order valence-corrected chi connectivity index (χ0v) is 7.09. The van der Waals surface area contributed by atoms with Crippen molar-refractivity contribution in [1.29, 1.82) is 0 Å². The van der Waals surface area contributed by atoms with Crippen LogP contribution in [0.5, 0.6) is 0 Å². The highest BCUT2D eigenvalue weighted by molar-refractivity contribution is 5.76. The summed E-state index contributed by atoms with van der Waals surface area (Å²) in [6.07, 6.45) is 3.11. The van der Waals surface area contributed by atoms with Gasteiger partial charge in [-0.2, -0.15) is 0 Å². The smallest absolute Gasteiger partial charge is 0.322 e. The van der Waals surface area contributed by atoms with Gasteiger partial charge in [0.1, 0.15) is 6.04 Å². The van der Waals surface area contributed by atoms with Gasteiger partial charge in [-0.25, -0.2) is 0 Å². The maximum absolute atomic E-state index is 11.0. The van der Waals surface area contributed by atoms with Crippen molar-refractivity contribution in [2.75, 3.05) is 7.11 Å². The van der Waals surface area contributed by atoms with Gasteiger partial charge in [-0.1, -0.05) is 6.92 Å². The van der Waals surface area contributed by atoms with Gasteiger partial charge in [0.2, 0.25) is 0 Å². The number of esters is 1. The molecule has 0 unspecified atom stereocenters. The molecule has 11 heavy (non-hydrogen) atoms. The van der Waals surface area contributed by atoms with E-state index in [1.54, 1.807) is 0 Å². The van der Waals surface area contributed by atoms with Crippen LogP contribution in [0.2, 0.25) is 0 Å². The molecule has 0 aliphatic carbocycles. The Morgan fingerprint density at radius 3 is 2.82 bits per heavy atom. The molecule has 0 aromatic rings. The number of nitrogens with one attached hydrogen (secondary N) is 1. The second kappa shape index (κ2) is 3.72. The SMILES string of the molecule is CC[C@@H]1CC[C@H](C(=O)OC)N1. The van der Waals surface area contributed by atoms with Gasteiger partial charge in [-0.15, -0.1) is 0 Å². The van der Waals surface area contributed by atoms with Crippen LogP contribution in [0.1, 0.15) is 26.2 Å². The summed E-state index contributed by atoms with van der Waals surface area (Å²) in [4.78, 5) is 11.0. The third kappa shape index (κ3) is 1.93. The van der Waals surface area contributed by atoms with Gasteiger partial charge in [-0.3, -0.25) is 4.79 Å². The van der Waals surface area contributed by atoms with Gasteiger partial charge in [0.25, 0.3) is 0 Å². The number of ether oxygens (including phenoxy) is 1. The molecule has 1 heterocycles. The molecule has 1 aliphatic rings. The molecule has 0 bridgehead atoms. The Labute approximate surface area is 67.1 Å². The minimum absolute atomic E-state index is 0.0510. The van der Waals surface area contributed by atoms with Gasteiger partial charge < -0.3 is 10.1 Å². The van der Waals surface area contributed by atoms with Gasteiger partial charge in [0, 0.05) is 6.04 Å². The molecule has 1 aliphatic heterocycles. The molecule has 1 N–H and O–H groups in total. The molecule has 1 saturated heterocycles. The summed E-state index contributed by atoms with van der Waals surface area (Å²) in [5, 5.41) is 3.22. The monoisotopic (exact) mass is 157 g/mol. The number of hydrogen-bond acceptors (Lipinski definition) is 3. The molecule has 0 spiro atoms. The largest absolute Gasteiger partial charge is 0.468 e. The molecule has 1 rings (SSSR count). The Morgan fingerprint density at radius 1 is 1.64 bits per heavy atom. The molecule has 2 atom stereocenters. The number of carbonyl (C=O) groups excluding carboxylic acids is 1. The van der Waals surface area contributed by atoms with Crippen LogP contribution in [-0.2, 0) is 9.53 Å². The fourth-order valence-corrected chi connectivity index (χ4v) is 1.47. The van der Waals surface area contributed by atoms with E-state index < -0.39 is 0 Å². The molecule has 1 fully saturated rings. The van der Waals surface area contributed by atoms with Gasteiger partial charge >= 0.3 is 5.97 Å². The Hall–Kier alpha value is -0.570. The standard InChI is InChI=1S/C8H15NO2/c1-3-6-4-5-7(9-6)8(10)11-2/h6-7,9H,3-5H2,1-2H3/t6-,7-/m1/s1. The highest BCUT2D eigenvalue weighted by Crippen LogP contribution is 2.15. The van der Waals surface area contributed by atoms with Crippen molar-refractivity contribution >= 4 is 5.97 Å². The fraction of sp³-hybridized carbons (Fsp3) is 0.875. The van der Waals surface area contributed by atoms with E-state index in [2.05, 4.69) is 17.0 Å². The first-order valence-corrected chi connectivity index (χ1v) is 4.11. The van der Waals surface area contributed by atoms with Crippen molar-refractivity contribution in [3.8, 4) is 0 Å². The predicted octanol–water partition coefficient (Wildman–Crippen LogP) is 0.690. The Balaban J connectivity index is 2.35. The first-order valence-electron chi connectivity index (χ1n) is 4.11. The number of methoxy groups -OCH3 is 1. The number of rotatable bonds is 2. The van der Waals surface area contributed by atoms with Crippen LogP contribution in [0.4, 0.5) is 0 Å². The molecule has 0 aromatic heterocycles. The summed E-state index contributed by atoms with van der Waals surface area (Å²) in [6, 6.07) is 0.462. The van der Waals surface area contributed by atoms with E-state index >= 15 is 0 Å². The van der Waals surface area contributed by atoms with E-state index in [1.165, 1.54) is 7.11 Å². The lowest BCUT2D eigenvalue weighted by Gasteiger charge is -2.09. The predicted molar refractivity (Wildman–Crippen MR) is 42.3 cm³/mol. The first kappa shape index (κ1) is 8.53. The average Bonchev–Trinajstić information content (AvgIpc) is 2.50. The van der Waals surface area contributed by atoms with E-state index in [4.69, 9.17) is 0 Å². The van der Waals surface area contributed by atoms with Gasteiger partial charge in [0.05, 0.1) is 7.11 Å². The van der Waals surface area contributed by atoms with Crippen molar-refractivity contribution in [3.63, 3.8) is 0 Å². The van der Waals surface area contributed by atoms with Crippen LogP contribution in [0.3, 0.4) is 0 Å². The van der Waals surface area contributed by atoms with Crippen LogP contribution in [0, 0.1) is 0 Å². The van der Waals surface area contributed by atoms with E-state index in [1.807, 2.05) is 0 Å². The molecule has 64 valence electrons. The quantitative estimate of drug-likeness (QED) is 0.599. The molecule has 0 radical (unpaired) electrons. The summed E-state index contributed by atoms with van der Waals surface area (Å²) >= 11 is 0. The summed E-state index contributed by atoms with van der Waals surface area (Å²) in [6.45, 7) is 2.12.